The van der Waals surface area contributed by atoms with Crippen LogP contribution in [0.2, 0.25) is 0 Å². The normalized spacial score (nSPS) is 15.6. The molecule has 0 bridgehead atoms. The summed E-state index contributed by atoms with van der Waals surface area (Å²) in [7, 11) is -1.80. The number of halogens is 1. The summed E-state index contributed by atoms with van der Waals surface area (Å²) in [5, 5.41) is 5.60. The van der Waals surface area contributed by atoms with Crippen molar-refractivity contribution < 1.29 is 23.0 Å². The van der Waals surface area contributed by atoms with Crippen LogP contribution in [-0.2, 0) is 25.2 Å². The van der Waals surface area contributed by atoms with E-state index in [1.807, 2.05) is 19.1 Å². The van der Waals surface area contributed by atoms with Gasteiger partial charge in [0.1, 0.15) is 23.4 Å². The monoisotopic (exact) mass is 501 g/mol. The Balaban J connectivity index is 1.68. The SMILES string of the molecule is Cc1ccccc1N(C(=O)C[S@@](=O)CC(=O)Nc1ccc(F)cc1)[C@@H](C)C(=O)NC1CCCCC1. The third-order valence-electron chi connectivity index (χ3n) is 6.07. The summed E-state index contributed by atoms with van der Waals surface area (Å²) in [5.41, 5.74) is 1.74. The molecule has 3 amide bonds. The molecule has 2 aromatic carbocycles. The van der Waals surface area contributed by atoms with E-state index in [1.54, 1.807) is 19.1 Å². The zero-order chi connectivity index (χ0) is 25.4. The molecule has 3 rings (SSSR count). The van der Waals surface area contributed by atoms with Crippen LogP contribution in [0.25, 0.3) is 0 Å². The minimum absolute atomic E-state index is 0.0943. The van der Waals surface area contributed by atoms with Crippen LogP contribution in [0.1, 0.15) is 44.6 Å². The van der Waals surface area contributed by atoms with Crippen molar-refractivity contribution in [2.75, 3.05) is 21.7 Å². The summed E-state index contributed by atoms with van der Waals surface area (Å²) in [4.78, 5) is 40.0. The van der Waals surface area contributed by atoms with E-state index in [-0.39, 0.29) is 11.9 Å². The van der Waals surface area contributed by atoms with Crippen LogP contribution in [0.4, 0.5) is 15.8 Å². The van der Waals surface area contributed by atoms with Gasteiger partial charge in [0.25, 0.3) is 0 Å². The number of nitrogens with one attached hydrogen (secondary N) is 2. The number of amides is 3. The van der Waals surface area contributed by atoms with Gasteiger partial charge in [-0.3, -0.25) is 23.5 Å². The van der Waals surface area contributed by atoms with Gasteiger partial charge in [0.05, 0.1) is 0 Å². The highest BCUT2D eigenvalue weighted by atomic mass is 32.2. The molecule has 2 N–H and O–H groups in total. The van der Waals surface area contributed by atoms with E-state index in [2.05, 4.69) is 10.6 Å². The van der Waals surface area contributed by atoms with E-state index >= 15 is 0 Å². The zero-order valence-corrected chi connectivity index (χ0v) is 20.9. The van der Waals surface area contributed by atoms with Gasteiger partial charge >= 0.3 is 0 Å². The average molecular weight is 502 g/mol. The van der Waals surface area contributed by atoms with Crippen LogP contribution >= 0.6 is 0 Å². The first-order valence-corrected chi connectivity index (χ1v) is 13.3. The lowest BCUT2D eigenvalue weighted by Crippen LogP contribution is -2.52. The number of carbonyl (C=O) groups excluding carboxylic acids is 3. The number of para-hydroxylation sites is 1. The van der Waals surface area contributed by atoms with Gasteiger partial charge in [0.15, 0.2) is 0 Å². The molecule has 9 heteroatoms. The van der Waals surface area contributed by atoms with Crippen molar-refractivity contribution in [1.82, 2.24) is 5.32 Å². The fraction of sp³-hybridized carbons (Fsp3) is 0.423. The van der Waals surface area contributed by atoms with Crippen LogP contribution < -0.4 is 15.5 Å². The fourth-order valence-electron chi connectivity index (χ4n) is 4.21. The minimum Gasteiger partial charge on any atom is -0.352 e. The molecule has 188 valence electrons. The molecular weight excluding hydrogens is 469 g/mol. The molecule has 1 saturated carbocycles. The molecule has 7 nitrogen and oxygen atoms in total. The highest BCUT2D eigenvalue weighted by molar-refractivity contribution is 7.86. The summed E-state index contributed by atoms with van der Waals surface area (Å²) >= 11 is 0. The molecule has 0 aromatic heterocycles. The molecular formula is C26H32FN3O4S. The highest BCUT2D eigenvalue weighted by Crippen LogP contribution is 2.23. The van der Waals surface area contributed by atoms with Crippen molar-refractivity contribution in [1.29, 1.82) is 0 Å². The Morgan fingerprint density at radius 2 is 1.69 bits per heavy atom. The number of rotatable bonds is 9. The molecule has 35 heavy (non-hydrogen) atoms. The van der Waals surface area contributed by atoms with Crippen LogP contribution in [0.15, 0.2) is 48.5 Å². The number of anilines is 2. The van der Waals surface area contributed by atoms with Gasteiger partial charge in [-0.15, -0.1) is 0 Å². The Bertz CT molecular complexity index is 1070. The smallest absolute Gasteiger partial charge is 0.243 e. The maximum absolute atomic E-state index is 13.3. The zero-order valence-electron chi connectivity index (χ0n) is 20.1. The molecule has 0 radical (unpaired) electrons. The number of nitrogens with zero attached hydrogens (tertiary/aromatic N) is 1. The van der Waals surface area contributed by atoms with E-state index in [1.165, 1.54) is 29.2 Å². The van der Waals surface area contributed by atoms with Gasteiger partial charge in [-0.1, -0.05) is 37.5 Å². The maximum atomic E-state index is 13.3. The summed E-state index contributed by atoms with van der Waals surface area (Å²) in [6.07, 6.45) is 5.14. The average Bonchev–Trinajstić information content (AvgIpc) is 2.82. The molecule has 1 aliphatic rings. The second-order valence-electron chi connectivity index (χ2n) is 8.85. The number of hydrogen-bond acceptors (Lipinski definition) is 4. The predicted molar refractivity (Wildman–Crippen MR) is 136 cm³/mol. The number of carbonyl (C=O) groups is 3. The van der Waals surface area contributed by atoms with E-state index in [4.69, 9.17) is 0 Å². The Hall–Kier alpha value is -3.07. The van der Waals surface area contributed by atoms with Gasteiger partial charge in [-0.05, 0) is 62.6 Å². The molecule has 0 aliphatic heterocycles. The Labute approximate surface area is 207 Å². The van der Waals surface area contributed by atoms with Crippen LogP contribution in [-0.4, -0.2) is 45.5 Å². The first kappa shape index (κ1) is 26.5. The van der Waals surface area contributed by atoms with Gasteiger partial charge in [0, 0.05) is 28.2 Å². The van der Waals surface area contributed by atoms with Crippen LogP contribution in [0, 0.1) is 12.7 Å². The van der Waals surface area contributed by atoms with Crippen LogP contribution in [0.3, 0.4) is 0 Å². The number of benzene rings is 2. The van der Waals surface area contributed by atoms with Crippen molar-refractivity contribution in [3.05, 3.63) is 59.9 Å². The molecule has 2 atom stereocenters. The summed E-state index contributed by atoms with van der Waals surface area (Å²) in [6, 6.07) is 11.7. The summed E-state index contributed by atoms with van der Waals surface area (Å²) in [6.45, 7) is 3.50. The van der Waals surface area contributed by atoms with Gasteiger partial charge in [-0.25, -0.2) is 4.39 Å². The number of hydrogen-bond donors (Lipinski definition) is 2. The Morgan fingerprint density at radius 1 is 1.03 bits per heavy atom. The standard InChI is InChI=1S/C26H32FN3O4S/c1-18-8-6-7-11-23(18)30(19(2)26(33)29-21-9-4-3-5-10-21)25(32)17-35(34)16-24(31)28-22-14-12-20(27)13-15-22/h6-8,11-15,19,21H,3-5,9-10,16-17H2,1-2H3,(H,28,31)(H,29,33)/t19-,35-/m0/s1. The van der Waals surface area contributed by atoms with Crippen LogP contribution in [0.5, 0.6) is 0 Å². The molecule has 1 fully saturated rings. The molecule has 0 heterocycles. The molecule has 0 saturated heterocycles. The quantitative estimate of drug-likeness (QED) is 0.548. The molecule has 0 unspecified atom stereocenters. The van der Waals surface area contributed by atoms with Crippen molar-refractivity contribution >= 4 is 39.9 Å². The number of aryl methyl sites for hydroxylation is 1. The fourth-order valence-corrected chi connectivity index (χ4v) is 5.09. The van der Waals surface area contributed by atoms with Gasteiger partial charge < -0.3 is 10.6 Å². The van der Waals surface area contributed by atoms with E-state index in [0.29, 0.717) is 11.4 Å². The first-order chi connectivity index (χ1) is 16.7. The summed E-state index contributed by atoms with van der Waals surface area (Å²) in [5.74, 6) is -2.55. The largest absolute Gasteiger partial charge is 0.352 e. The van der Waals surface area contributed by atoms with Crippen molar-refractivity contribution in [2.45, 2.75) is 58.0 Å². The van der Waals surface area contributed by atoms with Crippen molar-refractivity contribution in [2.24, 2.45) is 0 Å². The van der Waals surface area contributed by atoms with Crippen molar-refractivity contribution in [3.63, 3.8) is 0 Å². The topological polar surface area (TPSA) is 95.6 Å². The second-order valence-corrected chi connectivity index (χ2v) is 10.3. The Morgan fingerprint density at radius 3 is 2.34 bits per heavy atom. The third-order valence-corrected chi connectivity index (χ3v) is 7.22. The minimum atomic E-state index is -1.80. The predicted octanol–water partition coefficient (Wildman–Crippen LogP) is 3.69. The summed E-state index contributed by atoms with van der Waals surface area (Å²) < 4.78 is 25.7. The maximum Gasteiger partial charge on any atom is 0.243 e. The van der Waals surface area contributed by atoms with E-state index in [0.717, 1.165) is 37.7 Å². The third kappa shape index (κ3) is 7.71. The lowest BCUT2D eigenvalue weighted by atomic mass is 9.95. The van der Waals surface area contributed by atoms with E-state index in [9.17, 15) is 23.0 Å². The molecule has 0 spiro atoms. The lowest BCUT2D eigenvalue weighted by molar-refractivity contribution is -0.126. The molecule has 2 aromatic rings. The molecule has 1 aliphatic carbocycles. The van der Waals surface area contributed by atoms with Gasteiger partial charge in [0.2, 0.25) is 17.7 Å². The first-order valence-electron chi connectivity index (χ1n) is 11.8. The highest BCUT2D eigenvalue weighted by Gasteiger charge is 2.31. The Kier molecular flexibility index (Phi) is 9.54. The van der Waals surface area contributed by atoms with E-state index < -0.39 is 46.0 Å². The van der Waals surface area contributed by atoms with Crippen molar-refractivity contribution in [3.8, 4) is 0 Å². The lowest BCUT2D eigenvalue weighted by Gasteiger charge is -2.32. The second kappa shape index (κ2) is 12.6. The van der Waals surface area contributed by atoms with Gasteiger partial charge in [-0.2, -0.15) is 0 Å².